The number of aliphatic hydroxyl groups is 1. The molecule has 9 rings (SSSR count). The molecule has 1 saturated heterocycles. The van der Waals surface area contributed by atoms with Crippen LogP contribution in [-0.2, 0) is 117 Å². The Hall–Kier alpha value is -10.6. The van der Waals surface area contributed by atoms with Gasteiger partial charge in [0.15, 0.2) is 0 Å². The molecule has 5 aromatic rings. The molecule has 0 aliphatic carbocycles. The van der Waals surface area contributed by atoms with Gasteiger partial charge in [-0.1, -0.05) is 55.5 Å². The number of aliphatic hydroxyl groups excluding tert-OH is 1. The Labute approximate surface area is 662 Å². The summed E-state index contributed by atoms with van der Waals surface area (Å²) in [6, 6.07) is 11.6. The summed E-state index contributed by atoms with van der Waals surface area (Å²) in [7, 11) is 7.58. The second-order valence-corrected chi connectivity index (χ2v) is 30.4. The highest BCUT2D eigenvalue weighted by Crippen LogP contribution is 2.29. The highest BCUT2D eigenvalue weighted by Gasteiger charge is 2.47. The summed E-state index contributed by atoms with van der Waals surface area (Å²) in [5.41, 5.74) is 3.78. The van der Waals surface area contributed by atoms with E-state index >= 15 is 23.6 Å². The number of carbonyl (C=O) groups excluding carboxylic acids is 12. The molecule has 1 fully saturated rings. The maximum atomic E-state index is 16.2. The van der Waals surface area contributed by atoms with Crippen molar-refractivity contribution in [1.29, 1.82) is 0 Å². The number of amides is 12. The quantitative estimate of drug-likeness (QED) is 0.0500. The van der Waals surface area contributed by atoms with Crippen molar-refractivity contribution in [3.05, 3.63) is 130 Å². The van der Waals surface area contributed by atoms with Crippen LogP contribution in [-0.4, -0.2) is 245 Å². The summed E-state index contributed by atoms with van der Waals surface area (Å²) < 4.78 is 47.9. The van der Waals surface area contributed by atoms with Crippen molar-refractivity contribution in [2.75, 3.05) is 101 Å². The van der Waals surface area contributed by atoms with Gasteiger partial charge in [0.05, 0.1) is 73.5 Å². The largest absolute Gasteiger partial charge is 0.497 e. The third-order valence-corrected chi connectivity index (χ3v) is 20.3. The molecule has 33 heteroatoms. The number of carbonyl (C=O) groups is 12. The number of benzene rings is 4. The van der Waals surface area contributed by atoms with Gasteiger partial charge in [0, 0.05) is 113 Å². The van der Waals surface area contributed by atoms with Crippen LogP contribution in [0.15, 0.2) is 91.1 Å². The lowest BCUT2D eigenvalue weighted by Crippen LogP contribution is -2.63. The van der Waals surface area contributed by atoms with Gasteiger partial charge >= 0.3 is 0 Å². The van der Waals surface area contributed by atoms with Crippen molar-refractivity contribution in [1.82, 2.24) is 68.0 Å². The van der Waals surface area contributed by atoms with E-state index in [0.717, 1.165) is 17.0 Å². The highest BCUT2D eigenvalue weighted by atomic mass is 19.1. The molecule has 5 heterocycles. The van der Waals surface area contributed by atoms with E-state index in [-0.39, 0.29) is 104 Å². The number of methoxy groups -OCH3 is 1. The van der Waals surface area contributed by atoms with Crippen molar-refractivity contribution >= 4 is 81.8 Å². The van der Waals surface area contributed by atoms with Crippen LogP contribution >= 0.6 is 0 Å². The lowest BCUT2D eigenvalue weighted by Gasteiger charge is -2.33. The molecule has 10 atom stereocenters. The Bertz CT molecular complexity index is 4210. The van der Waals surface area contributed by atoms with Crippen molar-refractivity contribution in [3.8, 4) is 11.5 Å². The summed E-state index contributed by atoms with van der Waals surface area (Å²) in [5.74, 6) is -9.47. The predicted octanol–water partition coefficient (Wildman–Crippen LogP) is 0.462. The number of hydrogen-bond acceptors (Lipinski definition) is 18. The Morgan fingerprint density at radius 2 is 1.37 bits per heavy atom. The fraction of sp³-hybridized carbons (Fsp3) is 0.531. The van der Waals surface area contributed by atoms with Crippen molar-refractivity contribution in [3.63, 3.8) is 0 Å². The molecule has 0 radical (unpaired) electrons. The molecule has 1 aromatic heterocycles. The van der Waals surface area contributed by atoms with Gasteiger partial charge in [-0.25, -0.2) is 4.39 Å². The number of quaternary nitrogens is 1. The van der Waals surface area contributed by atoms with Crippen LogP contribution in [0.1, 0.15) is 106 Å². The van der Waals surface area contributed by atoms with Gasteiger partial charge in [0.2, 0.25) is 70.9 Å². The zero-order valence-corrected chi connectivity index (χ0v) is 65.9. The number of halogens is 1. The number of hydrogen-bond donors (Lipinski definition) is 12. The maximum Gasteiger partial charge on any atom is 0.246 e. The normalized spacial score (nSPS) is 23.5. The maximum absolute atomic E-state index is 16.2. The number of fused-ring (bicyclic) bond motifs is 10. The molecule has 12 amide bonds. The van der Waals surface area contributed by atoms with Crippen LogP contribution in [0, 0.1) is 11.7 Å². The van der Waals surface area contributed by atoms with Gasteiger partial charge < -0.3 is 101 Å². The first-order valence-corrected chi connectivity index (χ1v) is 39.0. The predicted molar refractivity (Wildman–Crippen MR) is 416 cm³/mol. The number of ether oxygens (including phenoxy) is 5. The molecule has 1 unspecified atom stereocenters. The van der Waals surface area contributed by atoms with Crippen molar-refractivity contribution < 1.29 is 95.2 Å². The summed E-state index contributed by atoms with van der Waals surface area (Å²) in [4.78, 5) is 176. The molecular formula is C81H110FN14O18+. The molecule has 0 saturated carbocycles. The lowest BCUT2D eigenvalue weighted by molar-refractivity contribution is -0.870. The Morgan fingerprint density at radius 3 is 2.13 bits per heavy atom. The monoisotopic (exact) mass is 1590 g/mol. The van der Waals surface area contributed by atoms with E-state index in [0.29, 0.717) is 100.0 Å². The molecule has 12 N–H and O–H groups in total. The van der Waals surface area contributed by atoms with Crippen LogP contribution in [0.2, 0.25) is 0 Å². The minimum Gasteiger partial charge on any atom is -0.497 e. The van der Waals surface area contributed by atoms with Gasteiger partial charge in [0.25, 0.3) is 0 Å². The van der Waals surface area contributed by atoms with E-state index in [4.69, 9.17) is 23.7 Å². The number of aryl methyl sites for hydroxylation is 1. The number of nitrogens with zero attached hydrogens (tertiary/aromatic N) is 3. The van der Waals surface area contributed by atoms with E-state index in [1.807, 2.05) is 37.8 Å². The number of nitrogens with one attached hydrogen (secondary N) is 11. The van der Waals surface area contributed by atoms with Gasteiger partial charge in [-0.05, 0) is 117 Å². The topological polar surface area (TPSA) is 412 Å². The smallest absolute Gasteiger partial charge is 0.246 e. The van der Waals surface area contributed by atoms with Crippen molar-refractivity contribution in [2.45, 2.75) is 172 Å². The third-order valence-electron chi connectivity index (χ3n) is 20.3. The molecule has 4 aliphatic rings. The van der Waals surface area contributed by atoms with Crippen LogP contribution in [0.25, 0.3) is 10.9 Å². The molecule has 4 aliphatic heterocycles. The minimum absolute atomic E-state index is 0.0192. The van der Waals surface area contributed by atoms with Gasteiger partial charge in [-0.3, -0.25) is 57.5 Å². The summed E-state index contributed by atoms with van der Waals surface area (Å²) in [6.07, 6.45) is -1.09. The van der Waals surface area contributed by atoms with E-state index in [1.165, 1.54) is 33.1 Å². The molecule has 32 nitrogen and oxygen atoms in total. The third kappa shape index (κ3) is 26.5. The van der Waals surface area contributed by atoms with Gasteiger partial charge in [-0.15, -0.1) is 0 Å². The average molecular weight is 1590 g/mol. The van der Waals surface area contributed by atoms with Gasteiger partial charge in [0.1, 0.15) is 72.8 Å². The summed E-state index contributed by atoms with van der Waals surface area (Å²) in [6.45, 7) is 5.12. The first-order valence-electron chi connectivity index (χ1n) is 39.0. The second-order valence-electron chi connectivity index (χ2n) is 30.4. The Balaban J connectivity index is 1.13. The van der Waals surface area contributed by atoms with Crippen LogP contribution < -0.4 is 68.0 Å². The van der Waals surface area contributed by atoms with Crippen LogP contribution in [0.4, 0.5) is 4.39 Å². The number of likely N-dealkylation sites (N-methyl/N-ethyl adjacent to an activating group) is 1. The van der Waals surface area contributed by atoms with E-state index in [1.54, 1.807) is 73.8 Å². The lowest BCUT2D eigenvalue weighted by atomic mass is 10.00. The second kappa shape index (κ2) is 42.5. The van der Waals surface area contributed by atoms with Crippen LogP contribution in [0.3, 0.4) is 0 Å². The summed E-state index contributed by atoms with van der Waals surface area (Å²) in [5, 5.41) is 42.2. The molecule has 618 valence electrons. The molecule has 114 heavy (non-hydrogen) atoms. The first-order chi connectivity index (χ1) is 54.6. The Morgan fingerprint density at radius 1 is 0.640 bits per heavy atom. The average Bonchev–Trinajstić information content (AvgIpc) is 1.63. The van der Waals surface area contributed by atoms with E-state index < -0.39 is 151 Å². The fourth-order valence-electron chi connectivity index (χ4n) is 13.7. The summed E-state index contributed by atoms with van der Waals surface area (Å²) >= 11 is 0. The molecular weight excluding hydrogens is 1480 g/mol. The molecule has 11 bridgehead atoms. The Kier molecular flexibility index (Phi) is 32.6. The SMILES string of the molecule is COc1ccc(C[C@@H]2NC(=O)[C@H]([C@H](C)O)NC(=O)[C@@H]3[C@@H]4CCN3C(=O)[C@H]3Cc5cn(c6ccc(F)cc56)CCCCOc5cc(ccc5CNC(=O)CCC(=O)N[C@@H](C)C(=O)N[C@H](CNC(=O)CCOCCOCC[N+](C)(C)C)C(=O)N[C@@H](Cc5cccc(c5)CNC(=O)CO4)C(=O)N3)CCNC(=O)C(C)CCCNC2=O)cc1. The standard InChI is InChI=1S/C81H109FN14O18/c1-49-12-11-28-83-76(104)61(39-52-16-20-59(110-7)21-17-52)90-79(107)72(51(3)97)93-80(108)73-66-26-31-95(73)81(109)63-42-57-47-94(65-22-19-58(82)43-60(57)65)30-8-9-33-113-67-41-53(25-29-84-74(49)102)15-18-56(67)45-86-68(98)23-24-70(100)88-50(2)75(103)92-64(46-87-69(99)27-34-111-36-37-112-35-32-96(4,5)6)78(106)89-62(77(105)91-63)40-54-13-10-14-55(38-54)44-85-71(101)48-114-66/h10,13-22,38,41,43,47,49-51,61-64,66,72-73,97H,8-9,11-12,23-37,39-40,42,44-46,48H2,1-7H3,(H10-,83,84,85,86,87,88,89,90,91,92,93,98,99,100,101,102,103,104,105,106,107,108)/p+1/t49?,50-,51-,61-,62-,63+,64+,66-,72-,73-/m0/s1. The molecule has 0 spiro atoms. The minimum atomic E-state index is -1.83. The molecule has 4 aromatic carbocycles. The number of aromatic nitrogens is 1. The zero-order chi connectivity index (χ0) is 82.0. The van der Waals surface area contributed by atoms with Crippen LogP contribution in [0.5, 0.6) is 11.5 Å². The van der Waals surface area contributed by atoms with E-state index in [9.17, 15) is 43.5 Å². The highest BCUT2D eigenvalue weighted by molar-refractivity contribution is 5.99. The first kappa shape index (κ1) is 87.4. The zero-order valence-electron chi connectivity index (χ0n) is 65.9. The van der Waals surface area contributed by atoms with Gasteiger partial charge in [-0.2, -0.15) is 0 Å². The number of rotatable bonds is 15. The van der Waals surface area contributed by atoms with E-state index in [2.05, 4.69) is 58.5 Å². The van der Waals surface area contributed by atoms with Crippen molar-refractivity contribution in [2.24, 2.45) is 5.92 Å². The fourth-order valence-corrected chi connectivity index (χ4v) is 13.7.